The van der Waals surface area contributed by atoms with Gasteiger partial charge < -0.3 is 5.73 Å². The number of nitrogens with zero attached hydrogens (tertiary/aromatic N) is 2. The fraction of sp³-hybridized carbons (Fsp3) is 0.286. The van der Waals surface area contributed by atoms with Crippen LogP contribution in [0.15, 0.2) is 22.7 Å². The summed E-state index contributed by atoms with van der Waals surface area (Å²) in [6.07, 6.45) is -3.86. The molecule has 0 bridgehead atoms. The van der Waals surface area contributed by atoms with E-state index in [2.05, 4.69) is 25.9 Å². The molecule has 1 aromatic carbocycles. The lowest BCUT2D eigenvalue weighted by Crippen LogP contribution is -2.10. The molecule has 0 radical (unpaired) electrons. The predicted octanol–water partition coefficient (Wildman–Crippen LogP) is 4.38. The van der Waals surface area contributed by atoms with Crippen LogP contribution in [0.1, 0.15) is 23.7 Å². The number of anilines is 1. The second-order valence-electron chi connectivity index (χ2n) is 4.54. The van der Waals surface area contributed by atoms with Gasteiger partial charge in [-0.2, -0.15) is 13.2 Å². The normalized spacial score (nSPS) is 11.7. The van der Waals surface area contributed by atoms with Gasteiger partial charge in [0.05, 0.1) is 5.56 Å². The summed E-state index contributed by atoms with van der Waals surface area (Å²) >= 11 is 3.05. The van der Waals surface area contributed by atoms with Gasteiger partial charge in [-0.15, -0.1) is 0 Å². The van der Waals surface area contributed by atoms with E-state index in [1.807, 2.05) is 6.92 Å². The van der Waals surface area contributed by atoms with Crippen molar-refractivity contribution in [2.24, 2.45) is 0 Å². The average molecular weight is 360 g/mol. The monoisotopic (exact) mass is 359 g/mol. The van der Waals surface area contributed by atoms with Crippen LogP contribution < -0.4 is 5.73 Å². The van der Waals surface area contributed by atoms with Crippen molar-refractivity contribution < 1.29 is 13.2 Å². The van der Waals surface area contributed by atoms with E-state index in [-0.39, 0.29) is 17.2 Å². The molecule has 0 fully saturated rings. The van der Waals surface area contributed by atoms with Crippen LogP contribution in [0.3, 0.4) is 0 Å². The van der Waals surface area contributed by atoms with E-state index in [9.17, 15) is 13.2 Å². The number of benzene rings is 1. The third-order valence-electron chi connectivity index (χ3n) is 3.13. The lowest BCUT2D eigenvalue weighted by atomic mass is 10.1. The molecule has 0 spiro atoms. The SMILES string of the molecule is CCc1c(C)nc(-c2ccc(Br)cc2C(F)(F)F)nc1N. The van der Waals surface area contributed by atoms with Crippen LogP contribution in [0.4, 0.5) is 19.0 Å². The van der Waals surface area contributed by atoms with Crippen molar-refractivity contribution in [3.05, 3.63) is 39.5 Å². The summed E-state index contributed by atoms with van der Waals surface area (Å²) in [4.78, 5) is 8.20. The highest BCUT2D eigenvalue weighted by molar-refractivity contribution is 9.10. The quantitative estimate of drug-likeness (QED) is 0.865. The fourth-order valence-electron chi connectivity index (χ4n) is 2.12. The molecule has 0 aliphatic carbocycles. The largest absolute Gasteiger partial charge is 0.417 e. The number of aromatic nitrogens is 2. The maximum absolute atomic E-state index is 13.2. The number of hydrogen-bond acceptors (Lipinski definition) is 3. The number of hydrogen-bond donors (Lipinski definition) is 1. The van der Waals surface area contributed by atoms with Crippen molar-refractivity contribution in [3.8, 4) is 11.4 Å². The molecule has 2 rings (SSSR count). The van der Waals surface area contributed by atoms with Gasteiger partial charge in [0.2, 0.25) is 0 Å². The van der Waals surface area contributed by atoms with E-state index >= 15 is 0 Å². The van der Waals surface area contributed by atoms with Gasteiger partial charge in [0.15, 0.2) is 5.82 Å². The van der Waals surface area contributed by atoms with Gasteiger partial charge in [-0.25, -0.2) is 9.97 Å². The Hall–Kier alpha value is -1.63. The average Bonchev–Trinajstić information content (AvgIpc) is 2.37. The first kappa shape index (κ1) is 15.8. The summed E-state index contributed by atoms with van der Waals surface area (Å²) in [5.74, 6) is 0.207. The van der Waals surface area contributed by atoms with Crippen molar-refractivity contribution >= 4 is 21.7 Å². The number of aryl methyl sites for hydroxylation is 1. The van der Waals surface area contributed by atoms with E-state index < -0.39 is 11.7 Å². The molecule has 1 heterocycles. The highest BCUT2D eigenvalue weighted by Crippen LogP contribution is 2.38. The predicted molar refractivity (Wildman–Crippen MR) is 78.7 cm³/mol. The smallest absolute Gasteiger partial charge is 0.383 e. The lowest BCUT2D eigenvalue weighted by Gasteiger charge is -2.14. The second kappa shape index (κ2) is 5.63. The molecule has 7 heteroatoms. The number of rotatable bonds is 2. The molecular weight excluding hydrogens is 347 g/mol. The summed E-state index contributed by atoms with van der Waals surface area (Å²) in [5.41, 5.74) is 6.29. The zero-order chi connectivity index (χ0) is 15.8. The molecule has 0 amide bonds. The van der Waals surface area contributed by atoms with Gasteiger partial charge in [0.25, 0.3) is 0 Å². The first-order valence-corrected chi connectivity index (χ1v) is 7.03. The Morgan fingerprint density at radius 3 is 2.43 bits per heavy atom. The third kappa shape index (κ3) is 3.18. The molecule has 112 valence electrons. The summed E-state index contributed by atoms with van der Waals surface area (Å²) < 4.78 is 39.8. The lowest BCUT2D eigenvalue weighted by molar-refractivity contribution is -0.137. The van der Waals surface area contributed by atoms with Gasteiger partial charge in [0.1, 0.15) is 5.82 Å². The fourth-order valence-corrected chi connectivity index (χ4v) is 2.48. The van der Waals surface area contributed by atoms with E-state index in [0.29, 0.717) is 16.6 Å². The third-order valence-corrected chi connectivity index (χ3v) is 3.62. The molecule has 0 atom stereocenters. The van der Waals surface area contributed by atoms with Gasteiger partial charge in [-0.1, -0.05) is 22.9 Å². The minimum absolute atomic E-state index is 0.0120. The Bertz CT molecular complexity index is 661. The molecule has 0 unspecified atom stereocenters. The van der Waals surface area contributed by atoms with Gasteiger partial charge in [-0.05, 0) is 31.5 Å². The molecule has 3 nitrogen and oxygen atoms in total. The number of halogens is 4. The van der Waals surface area contributed by atoms with Gasteiger partial charge in [0, 0.05) is 21.3 Å². The molecule has 21 heavy (non-hydrogen) atoms. The molecular formula is C14H13BrF3N3. The number of nitrogens with two attached hydrogens (primary N) is 1. The molecule has 0 aliphatic rings. The van der Waals surface area contributed by atoms with Gasteiger partial charge >= 0.3 is 6.18 Å². The topological polar surface area (TPSA) is 51.8 Å². The van der Waals surface area contributed by atoms with E-state index in [0.717, 1.165) is 11.6 Å². The second-order valence-corrected chi connectivity index (χ2v) is 5.45. The standard InChI is InChI=1S/C14H13BrF3N3/c1-3-9-7(2)20-13(21-12(9)19)10-5-4-8(15)6-11(10)14(16,17)18/h4-6H,3H2,1-2H3,(H2,19,20,21). The van der Waals surface area contributed by atoms with Crippen molar-refractivity contribution in [1.29, 1.82) is 0 Å². The van der Waals surface area contributed by atoms with Gasteiger partial charge in [-0.3, -0.25) is 0 Å². The molecule has 0 aliphatic heterocycles. The molecule has 0 saturated heterocycles. The van der Waals surface area contributed by atoms with Crippen LogP contribution in [-0.4, -0.2) is 9.97 Å². The maximum Gasteiger partial charge on any atom is 0.417 e. The maximum atomic E-state index is 13.2. The Morgan fingerprint density at radius 2 is 1.90 bits per heavy atom. The first-order valence-electron chi connectivity index (χ1n) is 6.24. The highest BCUT2D eigenvalue weighted by atomic mass is 79.9. The zero-order valence-corrected chi connectivity index (χ0v) is 13.0. The number of nitrogen functional groups attached to an aromatic ring is 1. The van der Waals surface area contributed by atoms with Crippen molar-refractivity contribution in [2.75, 3.05) is 5.73 Å². The van der Waals surface area contributed by atoms with Crippen molar-refractivity contribution in [3.63, 3.8) is 0 Å². The summed E-state index contributed by atoms with van der Waals surface area (Å²) in [7, 11) is 0. The van der Waals surface area contributed by atoms with Crippen LogP contribution in [0.2, 0.25) is 0 Å². The van der Waals surface area contributed by atoms with Crippen molar-refractivity contribution in [2.45, 2.75) is 26.4 Å². The number of alkyl halides is 3. The van der Waals surface area contributed by atoms with E-state index in [4.69, 9.17) is 5.73 Å². The summed E-state index contributed by atoms with van der Waals surface area (Å²) in [5, 5.41) is 0. The molecule has 1 aromatic heterocycles. The highest BCUT2D eigenvalue weighted by Gasteiger charge is 2.34. The van der Waals surface area contributed by atoms with Crippen molar-refractivity contribution in [1.82, 2.24) is 9.97 Å². The Kier molecular flexibility index (Phi) is 4.22. The van der Waals surface area contributed by atoms with Crippen LogP contribution in [0.25, 0.3) is 11.4 Å². The molecule has 2 N–H and O–H groups in total. The van der Waals surface area contributed by atoms with E-state index in [1.54, 1.807) is 6.92 Å². The van der Waals surface area contributed by atoms with E-state index in [1.165, 1.54) is 12.1 Å². The van der Waals surface area contributed by atoms with Crippen LogP contribution in [0, 0.1) is 6.92 Å². The molecule has 2 aromatic rings. The van der Waals surface area contributed by atoms with Crippen LogP contribution in [-0.2, 0) is 12.6 Å². The van der Waals surface area contributed by atoms with Crippen LogP contribution >= 0.6 is 15.9 Å². The van der Waals surface area contributed by atoms with Crippen LogP contribution in [0.5, 0.6) is 0 Å². The Morgan fingerprint density at radius 1 is 1.24 bits per heavy atom. The minimum atomic E-state index is -4.49. The summed E-state index contributed by atoms with van der Waals surface area (Å²) in [6.45, 7) is 3.61. The molecule has 0 saturated carbocycles. The Labute approximate surface area is 128 Å². The Balaban J connectivity index is 2.68. The summed E-state index contributed by atoms with van der Waals surface area (Å²) in [6, 6.07) is 3.87. The first-order chi connectivity index (χ1) is 9.74. The zero-order valence-electron chi connectivity index (χ0n) is 11.4. The minimum Gasteiger partial charge on any atom is -0.383 e.